The van der Waals surface area contributed by atoms with E-state index in [0.29, 0.717) is 5.92 Å². The molecule has 2 aromatic heterocycles. The second-order valence-electron chi connectivity index (χ2n) is 8.00. The van der Waals surface area contributed by atoms with Crippen LogP contribution in [0.15, 0.2) is 54.0 Å². The lowest BCUT2D eigenvalue weighted by atomic mass is 9.84. The maximum absolute atomic E-state index is 6.18. The van der Waals surface area contributed by atoms with E-state index in [2.05, 4.69) is 35.7 Å². The van der Waals surface area contributed by atoms with Crippen LogP contribution in [0.3, 0.4) is 0 Å². The summed E-state index contributed by atoms with van der Waals surface area (Å²) in [6, 6.07) is 15.3. The number of rotatable bonds is 5. The first-order valence-electron chi connectivity index (χ1n) is 10.4. The van der Waals surface area contributed by atoms with Crippen LogP contribution in [0.2, 0.25) is 0 Å². The van der Waals surface area contributed by atoms with Crippen LogP contribution in [0.4, 0.5) is 0 Å². The first-order valence-corrected chi connectivity index (χ1v) is 11.3. The second kappa shape index (κ2) is 7.77. The molecule has 1 unspecified atom stereocenters. The van der Waals surface area contributed by atoms with Crippen molar-refractivity contribution in [2.24, 2.45) is 11.7 Å². The van der Waals surface area contributed by atoms with E-state index < -0.39 is 0 Å². The number of pyridine rings is 1. The third-order valence-corrected chi connectivity index (χ3v) is 7.35. The largest absolute Gasteiger partial charge is 0.496 e. The number of hydrogen-bond donors (Lipinski definition) is 1. The van der Waals surface area contributed by atoms with Gasteiger partial charge in [0.05, 0.1) is 17.3 Å². The summed E-state index contributed by atoms with van der Waals surface area (Å²) in [5, 5.41) is 4.54. The van der Waals surface area contributed by atoms with E-state index in [1.165, 1.54) is 52.3 Å². The van der Waals surface area contributed by atoms with Gasteiger partial charge in [0, 0.05) is 22.5 Å². The van der Waals surface area contributed by atoms with Gasteiger partial charge in [0.1, 0.15) is 5.75 Å². The first kappa shape index (κ1) is 18.6. The monoisotopic (exact) mass is 402 g/mol. The van der Waals surface area contributed by atoms with E-state index in [1.54, 1.807) is 18.4 Å². The molecule has 0 bridgehead atoms. The van der Waals surface area contributed by atoms with Gasteiger partial charge in [0.15, 0.2) is 0 Å². The molecule has 2 N–H and O–H groups in total. The number of fused-ring (bicyclic) bond motifs is 3. The van der Waals surface area contributed by atoms with Gasteiger partial charge in [0.2, 0.25) is 0 Å². The maximum Gasteiger partial charge on any atom is 0.127 e. The molecule has 0 amide bonds. The molecule has 1 saturated carbocycles. The summed E-state index contributed by atoms with van der Waals surface area (Å²) in [4.78, 5) is 4.69. The van der Waals surface area contributed by atoms with Crippen LogP contribution in [-0.4, -0.2) is 18.6 Å². The Kier molecular flexibility index (Phi) is 4.98. The average Bonchev–Trinajstić information content (AvgIpc) is 3.46. The van der Waals surface area contributed by atoms with Gasteiger partial charge in [-0.25, -0.2) is 0 Å². The molecule has 0 radical (unpaired) electrons. The topological polar surface area (TPSA) is 48.1 Å². The van der Waals surface area contributed by atoms with Gasteiger partial charge in [-0.15, -0.1) is 11.3 Å². The molecule has 0 aliphatic heterocycles. The third kappa shape index (κ3) is 3.21. The van der Waals surface area contributed by atoms with Crippen LogP contribution >= 0.6 is 11.3 Å². The second-order valence-corrected chi connectivity index (χ2v) is 8.95. The smallest absolute Gasteiger partial charge is 0.127 e. The number of aromatic nitrogens is 1. The lowest BCUT2D eigenvalue weighted by molar-refractivity contribution is 0.417. The molecular weight excluding hydrogens is 376 g/mol. The molecule has 0 spiro atoms. The molecule has 2 aromatic carbocycles. The minimum Gasteiger partial charge on any atom is -0.496 e. The third-order valence-electron chi connectivity index (χ3n) is 6.50. The zero-order chi connectivity index (χ0) is 19.8. The van der Waals surface area contributed by atoms with Crippen LogP contribution in [-0.2, 0) is 0 Å². The van der Waals surface area contributed by atoms with Crippen molar-refractivity contribution < 1.29 is 4.74 Å². The summed E-state index contributed by atoms with van der Waals surface area (Å²) in [7, 11) is 1.74. The van der Waals surface area contributed by atoms with E-state index in [1.807, 2.05) is 18.3 Å². The molecule has 4 heteroatoms. The molecule has 1 atom stereocenters. The van der Waals surface area contributed by atoms with Crippen LogP contribution in [0, 0.1) is 5.92 Å². The minimum atomic E-state index is 0.464. The molecular formula is C25H26N2OS. The van der Waals surface area contributed by atoms with E-state index in [9.17, 15) is 0 Å². The van der Waals surface area contributed by atoms with Crippen molar-refractivity contribution in [3.05, 3.63) is 59.6 Å². The average molecular weight is 403 g/mol. The Labute approximate surface area is 175 Å². The Balaban J connectivity index is 1.64. The summed E-state index contributed by atoms with van der Waals surface area (Å²) in [5.41, 5.74) is 10.8. The molecule has 3 nitrogen and oxygen atoms in total. The highest BCUT2D eigenvalue weighted by atomic mass is 32.1. The van der Waals surface area contributed by atoms with Gasteiger partial charge in [-0.05, 0) is 65.9 Å². The first-order chi connectivity index (χ1) is 14.3. The Hall–Kier alpha value is -2.43. The Bertz CT molecular complexity index is 1140. The number of thiophene rings is 1. The SMILES string of the molecule is COc1ccc2ncc3sccc3c2c1-c1ccc(C(CN)C2CCCC2)cc1. The van der Waals surface area contributed by atoms with Crippen LogP contribution < -0.4 is 10.5 Å². The molecule has 1 aliphatic rings. The van der Waals surface area contributed by atoms with E-state index >= 15 is 0 Å². The number of nitrogens with zero attached hydrogens (tertiary/aromatic N) is 1. The molecule has 4 aromatic rings. The summed E-state index contributed by atoms with van der Waals surface area (Å²) in [6.07, 6.45) is 7.27. The van der Waals surface area contributed by atoms with E-state index in [-0.39, 0.29) is 0 Å². The quantitative estimate of drug-likeness (QED) is 0.423. The lowest BCUT2D eigenvalue weighted by Crippen LogP contribution is -2.19. The van der Waals surface area contributed by atoms with Crippen LogP contribution in [0.1, 0.15) is 37.2 Å². The highest BCUT2D eigenvalue weighted by Crippen LogP contribution is 2.42. The highest BCUT2D eigenvalue weighted by molar-refractivity contribution is 7.17. The molecule has 148 valence electrons. The van der Waals surface area contributed by atoms with Crippen molar-refractivity contribution in [2.75, 3.05) is 13.7 Å². The molecule has 1 fully saturated rings. The molecule has 5 rings (SSSR count). The highest BCUT2D eigenvalue weighted by Gasteiger charge is 2.25. The van der Waals surface area contributed by atoms with Crippen molar-refractivity contribution in [2.45, 2.75) is 31.6 Å². The van der Waals surface area contributed by atoms with Gasteiger partial charge in [-0.2, -0.15) is 0 Å². The number of hydrogen-bond acceptors (Lipinski definition) is 4. The van der Waals surface area contributed by atoms with Crippen molar-refractivity contribution in [1.82, 2.24) is 4.98 Å². The van der Waals surface area contributed by atoms with Crippen molar-refractivity contribution in [3.63, 3.8) is 0 Å². The van der Waals surface area contributed by atoms with E-state index in [0.717, 1.165) is 29.3 Å². The number of ether oxygens (including phenoxy) is 1. The Morgan fingerprint density at radius 1 is 1.10 bits per heavy atom. The van der Waals surface area contributed by atoms with Crippen LogP contribution in [0.5, 0.6) is 5.75 Å². The molecule has 2 heterocycles. The number of methoxy groups -OCH3 is 1. The predicted octanol–water partition coefficient (Wildman–Crippen LogP) is 6.36. The summed E-state index contributed by atoms with van der Waals surface area (Å²) in [6.45, 7) is 0.723. The standard InChI is InChI=1S/C25H26N2OS/c1-28-22-11-10-21-25(19-12-13-29-23(19)15-27-21)24(22)18-8-6-17(7-9-18)20(14-26)16-4-2-3-5-16/h6-13,15-16,20H,2-5,14,26H2,1H3. The van der Waals surface area contributed by atoms with Crippen LogP contribution in [0.25, 0.3) is 32.1 Å². The Morgan fingerprint density at radius 2 is 1.90 bits per heavy atom. The zero-order valence-electron chi connectivity index (χ0n) is 16.7. The normalized spacial score (nSPS) is 15.9. The van der Waals surface area contributed by atoms with Gasteiger partial charge in [-0.3, -0.25) is 4.98 Å². The van der Waals surface area contributed by atoms with Gasteiger partial charge >= 0.3 is 0 Å². The van der Waals surface area contributed by atoms with Crippen molar-refractivity contribution >= 4 is 32.3 Å². The number of nitrogens with two attached hydrogens (primary N) is 1. The van der Waals surface area contributed by atoms with E-state index in [4.69, 9.17) is 15.5 Å². The summed E-state index contributed by atoms with van der Waals surface area (Å²) in [5.74, 6) is 2.08. The molecule has 29 heavy (non-hydrogen) atoms. The fraction of sp³-hybridized carbons (Fsp3) is 0.320. The summed E-state index contributed by atoms with van der Waals surface area (Å²) >= 11 is 1.73. The van der Waals surface area contributed by atoms with Gasteiger partial charge in [-0.1, -0.05) is 37.1 Å². The van der Waals surface area contributed by atoms with Crippen molar-refractivity contribution in [1.29, 1.82) is 0 Å². The summed E-state index contributed by atoms with van der Waals surface area (Å²) < 4.78 is 6.97. The van der Waals surface area contributed by atoms with Gasteiger partial charge in [0.25, 0.3) is 0 Å². The van der Waals surface area contributed by atoms with Gasteiger partial charge < -0.3 is 10.5 Å². The predicted molar refractivity (Wildman–Crippen MR) is 123 cm³/mol. The lowest BCUT2D eigenvalue weighted by Gasteiger charge is -2.22. The maximum atomic E-state index is 6.18. The fourth-order valence-electron chi connectivity index (χ4n) is 5.02. The molecule has 0 saturated heterocycles. The molecule has 1 aliphatic carbocycles. The number of benzene rings is 2. The van der Waals surface area contributed by atoms with Crippen molar-refractivity contribution in [3.8, 4) is 16.9 Å². The Morgan fingerprint density at radius 3 is 2.62 bits per heavy atom. The minimum absolute atomic E-state index is 0.464. The zero-order valence-corrected chi connectivity index (χ0v) is 17.5. The fourth-order valence-corrected chi connectivity index (χ4v) is 5.78.